The summed E-state index contributed by atoms with van der Waals surface area (Å²) in [4.78, 5) is 42.3. The molecule has 3 N–H and O–H groups in total. The molecule has 8 heteroatoms. The average Bonchev–Trinajstić information content (AvgIpc) is 3.21. The minimum absolute atomic E-state index is 0.138. The van der Waals surface area contributed by atoms with Gasteiger partial charge in [0.1, 0.15) is 0 Å². The highest BCUT2D eigenvalue weighted by molar-refractivity contribution is 7.17. The SMILES string of the molecule is NC(=O)c1cncc(NC(=O)C(=O)N2CCCC[C@H]2c2ccc3sccc3c2)c1. The van der Waals surface area contributed by atoms with E-state index in [-0.39, 0.29) is 17.3 Å². The maximum atomic E-state index is 12.9. The summed E-state index contributed by atoms with van der Waals surface area (Å²) in [5.41, 5.74) is 6.69. The number of hydrogen-bond donors (Lipinski definition) is 2. The number of anilines is 1. The first kappa shape index (κ1) is 19.1. The number of hydrogen-bond acceptors (Lipinski definition) is 5. The average molecular weight is 408 g/mol. The Morgan fingerprint density at radius 3 is 2.83 bits per heavy atom. The predicted molar refractivity (Wildman–Crippen MR) is 112 cm³/mol. The molecule has 2 aromatic heterocycles. The highest BCUT2D eigenvalue weighted by atomic mass is 32.1. The van der Waals surface area contributed by atoms with Crippen molar-refractivity contribution in [1.82, 2.24) is 9.88 Å². The number of amides is 3. The molecule has 4 rings (SSSR count). The predicted octanol–water partition coefficient (Wildman–Crippen LogP) is 3.09. The third-order valence-electron chi connectivity index (χ3n) is 5.10. The molecule has 1 atom stereocenters. The quantitative estimate of drug-likeness (QED) is 0.650. The van der Waals surface area contributed by atoms with Crippen LogP contribution in [0.4, 0.5) is 5.69 Å². The molecule has 0 spiro atoms. The molecule has 0 bridgehead atoms. The molecule has 0 unspecified atom stereocenters. The fourth-order valence-electron chi connectivity index (χ4n) is 3.67. The van der Waals surface area contributed by atoms with Crippen LogP contribution in [0.3, 0.4) is 0 Å². The molecule has 1 aliphatic rings. The highest BCUT2D eigenvalue weighted by Gasteiger charge is 2.32. The zero-order chi connectivity index (χ0) is 20.4. The maximum Gasteiger partial charge on any atom is 0.313 e. The molecule has 1 fully saturated rings. The Bertz CT molecular complexity index is 1090. The van der Waals surface area contributed by atoms with E-state index in [4.69, 9.17) is 5.73 Å². The number of pyridine rings is 1. The van der Waals surface area contributed by atoms with E-state index in [1.165, 1.54) is 23.2 Å². The number of aromatic nitrogens is 1. The van der Waals surface area contributed by atoms with Crippen LogP contribution in [0.1, 0.15) is 41.2 Å². The smallest absolute Gasteiger partial charge is 0.313 e. The molecule has 1 aromatic carbocycles. The Kier molecular flexibility index (Phi) is 5.26. The van der Waals surface area contributed by atoms with Gasteiger partial charge in [0.05, 0.1) is 23.5 Å². The lowest BCUT2D eigenvalue weighted by Crippen LogP contribution is -2.44. The molecule has 3 heterocycles. The van der Waals surface area contributed by atoms with Crippen LogP contribution in [0.5, 0.6) is 0 Å². The summed E-state index contributed by atoms with van der Waals surface area (Å²) in [6, 6.07) is 9.52. The maximum absolute atomic E-state index is 12.9. The highest BCUT2D eigenvalue weighted by Crippen LogP contribution is 2.33. The van der Waals surface area contributed by atoms with Crippen LogP contribution in [-0.2, 0) is 9.59 Å². The van der Waals surface area contributed by atoms with Crippen LogP contribution in [0.15, 0.2) is 48.1 Å². The Morgan fingerprint density at radius 1 is 1.14 bits per heavy atom. The van der Waals surface area contributed by atoms with Gasteiger partial charge in [-0.3, -0.25) is 19.4 Å². The van der Waals surface area contributed by atoms with E-state index < -0.39 is 17.7 Å². The Morgan fingerprint density at radius 2 is 2.00 bits per heavy atom. The van der Waals surface area contributed by atoms with E-state index in [0.29, 0.717) is 6.54 Å². The van der Waals surface area contributed by atoms with Crippen molar-refractivity contribution >= 4 is 44.8 Å². The number of carbonyl (C=O) groups excluding carboxylic acids is 3. The van der Waals surface area contributed by atoms with Gasteiger partial charge in [0, 0.05) is 17.4 Å². The first-order chi connectivity index (χ1) is 14.0. The fourth-order valence-corrected chi connectivity index (χ4v) is 4.44. The first-order valence-corrected chi connectivity index (χ1v) is 10.2. The van der Waals surface area contributed by atoms with E-state index in [1.807, 2.05) is 11.4 Å². The van der Waals surface area contributed by atoms with E-state index in [9.17, 15) is 14.4 Å². The molecule has 1 aliphatic heterocycles. The van der Waals surface area contributed by atoms with Crippen molar-refractivity contribution in [2.24, 2.45) is 5.73 Å². The molecule has 3 aromatic rings. The fraction of sp³-hybridized carbons (Fsp3) is 0.238. The van der Waals surface area contributed by atoms with Gasteiger partial charge in [0.25, 0.3) is 0 Å². The molecule has 1 saturated heterocycles. The second kappa shape index (κ2) is 8.00. The molecule has 0 aliphatic carbocycles. The second-order valence-electron chi connectivity index (χ2n) is 7.01. The van der Waals surface area contributed by atoms with Crippen LogP contribution in [0, 0.1) is 0 Å². The number of piperidine rings is 1. The van der Waals surface area contributed by atoms with Gasteiger partial charge in [-0.15, -0.1) is 11.3 Å². The third kappa shape index (κ3) is 3.97. The number of nitrogens with one attached hydrogen (secondary N) is 1. The van der Waals surface area contributed by atoms with Crippen molar-refractivity contribution in [2.75, 3.05) is 11.9 Å². The molecule has 0 saturated carbocycles. The minimum atomic E-state index is -0.753. The third-order valence-corrected chi connectivity index (χ3v) is 6.00. The van der Waals surface area contributed by atoms with Gasteiger partial charge in [-0.1, -0.05) is 6.07 Å². The summed E-state index contributed by atoms with van der Waals surface area (Å²) in [7, 11) is 0. The summed E-state index contributed by atoms with van der Waals surface area (Å²) in [6.45, 7) is 0.526. The zero-order valence-electron chi connectivity index (χ0n) is 15.6. The van der Waals surface area contributed by atoms with E-state index in [2.05, 4.69) is 28.5 Å². The van der Waals surface area contributed by atoms with Crippen LogP contribution in [-0.4, -0.2) is 34.2 Å². The Balaban J connectivity index is 1.54. The first-order valence-electron chi connectivity index (χ1n) is 9.37. The van der Waals surface area contributed by atoms with Gasteiger partial charge in [0.2, 0.25) is 5.91 Å². The Hall–Kier alpha value is -3.26. The number of likely N-dealkylation sites (tertiary alicyclic amines) is 1. The summed E-state index contributed by atoms with van der Waals surface area (Å²) in [6.07, 6.45) is 5.35. The summed E-state index contributed by atoms with van der Waals surface area (Å²) in [5, 5.41) is 5.72. The van der Waals surface area contributed by atoms with Gasteiger partial charge in [0.15, 0.2) is 0 Å². The van der Waals surface area contributed by atoms with Gasteiger partial charge in [-0.25, -0.2) is 0 Å². The number of nitrogens with zero attached hydrogens (tertiary/aromatic N) is 2. The number of benzene rings is 1. The van der Waals surface area contributed by atoms with Crippen LogP contribution >= 0.6 is 11.3 Å². The summed E-state index contributed by atoms with van der Waals surface area (Å²) < 4.78 is 1.20. The lowest BCUT2D eigenvalue weighted by Gasteiger charge is -2.35. The van der Waals surface area contributed by atoms with Crippen molar-refractivity contribution in [3.05, 3.63) is 59.2 Å². The zero-order valence-corrected chi connectivity index (χ0v) is 16.4. The Labute approximate surface area is 171 Å². The van der Waals surface area contributed by atoms with E-state index in [0.717, 1.165) is 30.2 Å². The number of rotatable bonds is 3. The van der Waals surface area contributed by atoms with Crippen LogP contribution in [0.2, 0.25) is 0 Å². The van der Waals surface area contributed by atoms with Crippen molar-refractivity contribution in [3.63, 3.8) is 0 Å². The topological polar surface area (TPSA) is 105 Å². The van der Waals surface area contributed by atoms with Crippen molar-refractivity contribution in [1.29, 1.82) is 0 Å². The van der Waals surface area contributed by atoms with Gasteiger partial charge in [-0.2, -0.15) is 0 Å². The lowest BCUT2D eigenvalue weighted by molar-refractivity contribution is -0.145. The molecular formula is C21H20N4O3S. The molecule has 29 heavy (non-hydrogen) atoms. The van der Waals surface area contributed by atoms with E-state index in [1.54, 1.807) is 16.2 Å². The second-order valence-corrected chi connectivity index (χ2v) is 7.96. The number of thiophene rings is 1. The van der Waals surface area contributed by atoms with E-state index >= 15 is 0 Å². The molecule has 0 radical (unpaired) electrons. The lowest BCUT2D eigenvalue weighted by atomic mass is 9.94. The van der Waals surface area contributed by atoms with Crippen molar-refractivity contribution in [3.8, 4) is 0 Å². The minimum Gasteiger partial charge on any atom is -0.366 e. The monoisotopic (exact) mass is 408 g/mol. The number of fused-ring (bicyclic) bond motifs is 1. The van der Waals surface area contributed by atoms with Crippen LogP contribution < -0.4 is 11.1 Å². The summed E-state index contributed by atoms with van der Waals surface area (Å²) >= 11 is 1.68. The molecule has 7 nitrogen and oxygen atoms in total. The molecule has 148 valence electrons. The molecule has 3 amide bonds. The van der Waals surface area contributed by atoms with Crippen molar-refractivity contribution in [2.45, 2.75) is 25.3 Å². The number of carbonyl (C=O) groups is 3. The number of nitrogens with two attached hydrogens (primary N) is 1. The molecular weight excluding hydrogens is 388 g/mol. The van der Waals surface area contributed by atoms with Crippen LogP contribution in [0.25, 0.3) is 10.1 Å². The van der Waals surface area contributed by atoms with Gasteiger partial charge < -0.3 is 16.0 Å². The summed E-state index contributed by atoms with van der Waals surface area (Å²) in [5.74, 6) is -2.00. The van der Waals surface area contributed by atoms with Crippen molar-refractivity contribution < 1.29 is 14.4 Å². The normalized spacial score (nSPS) is 16.6. The largest absolute Gasteiger partial charge is 0.366 e. The van der Waals surface area contributed by atoms with Gasteiger partial charge >= 0.3 is 11.8 Å². The standard InChI is InChI=1S/C21H20N4O3S/c22-19(26)15-10-16(12-23-11-15)24-20(27)21(28)25-7-2-1-3-17(25)13-4-5-18-14(9-13)6-8-29-18/h4-6,8-12,17H,1-3,7H2,(H2,22,26)(H,24,27)/t17-/m0/s1. The van der Waals surface area contributed by atoms with Gasteiger partial charge in [-0.05, 0) is 59.9 Å². The number of primary amides is 1.